The van der Waals surface area contributed by atoms with Gasteiger partial charge in [-0.1, -0.05) is 50.2 Å². The van der Waals surface area contributed by atoms with Crippen LogP contribution in [0.25, 0.3) is 10.9 Å². The number of carbonyl (C=O) groups excluding carboxylic acids is 3. The zero-order chi connectivity index (χ0) is 31.2. The number of aromatic nitrogens is 1. The van der Waals surface area contributed by atoms with Crippen LogP contribution in [0.1, 0.15) is 57.7 Å². The normalized spacial score (nSPS) is 16.3. The SMILES string of the molecule is CCN(CC)CCOC(=O)c1ccc(NC(=O)C2c3ccccc3C(=O)N(CCOC)C2c2cn(C)c3ccccc23)cc1. The Morgan fingerprint density at radius 1 is 0.909 bits per heavy atom. The summed E-state index contributed by atoms with van der Waals surface area (Å²) >= 11 is 0. The van der Waals surface area contributed by atoms with E-state index >= 15 is 0 Å². The molecule has 9 heteroatoms. The molecule has 2 heterocycles. The molecule has 9 nitrogen and oxygen atoms in total. The maximum Gasteiger partial charge on any atom is 0.338 e. The Balaban J connectivity index is 1.45. The Hall–Kier alpha value is -4.47. The van der Waals surface area contributed by atoms with Crippen molar-refractivity contribution in [3.63, 3.8) is 0 Å². The van der Waals surface area contributed by atoms with Gasteiger partial charge in [0.25, 0.3) is 5.91 Å². The fourth-order valence-electron chi connectivity index (χ4n) is 6.07. The van der Waals surface area contributed by atoms with Crippen molar-refractivity contribution >= 4 is 34.4 Å². The molecule has 0 saturated carbocycles. The van der Waals surface area contributed by atoms with Crippen LogP contribution < -0.4 is 5.32 Å². The van der Waals surface area contributed by atoms with Crippen molar-refractivity contribution in [1.82, 2.24) is 14.4 Å². The third kappa shape index (κ3) is 6.25. The van der Waals surface area contributed by atoms with E-state index in [1.165, 1.54) is 0 Å². The molecule has 2 atom stereocenters. The first-order valence-electron chi connectivity index (χ1n) is 15.1. The van der Waals surface area contributed by atoms with Crippen LogP contribution in [0, 0.1) is 0 Å². The molecular weight excluding hydrogens is 556 g/mol. The second kappa shape index (κ2) is 13.9. The molecule has 0 saturated heterocycles. The number of likely N-dealkylation sites (N-methyl/N-ethyl adjacent to an activating group) is 1. The minimum Gasteiger partial charge on any atom is -0.461 e. The molecule has 1 aliphatic heterocycles. The molecule has 5 rings (SSSR count). The van der Waals surface area contributed by atoms with Crippen molar-refractivity contribution in [2.45, 2.75) is 25.8 Å². The molecule has 3 aromatic carbocycles. The number of rotatable bonds is 12. The predicted octanol–water partition coefficient (Wildman–Crippen LogP) is 5.24. The van der Waals surface area contributed by atoms with Gasteiger partial charge in [-0.2, -0.15) is 0 Å². The van der Waals surface area contributed by atoms with E-state index in [0.717, 1.165) is 29.6 Å². The molecule has 1 N–H and O–H groups in total. The summed E-state index contributed by atoms with van der Waals surface area (Å²) in [7, 11) is 3.57. The van der Waals surface area contributed by atoms with Crippen molar-refractivity contribution in [1.29, 1.82) is 0 Å². The highest BCUT2D eigenvalue weighted by atomic mass is 16.5. The monoisotopic (exact) mass is 596 g/mol. The first kappa shape index (κ1) is 31.0. The van der Waals surface area contributed by atoms with Crippen LogP contribution in [0.3, 0.4) is 0 Å². The third-order valence-electron chi connectivity index (χ3n) is 8.43. The summed E-state index contributed by atoms with van der Waals surface area (Å²) in [5.74, 6) is -1.49. The van der Waals surface area contributed by atoms with E-state index in [4.69, 9.17) is 9.47 Å². The number of aryl methyl sites for hydroxylation is 1. The van der Waals surface area contributed by atoms with Gasteiger partial charge in [-0.15, -0.1) is 0 Å². The van der Waals surface area contributed by atoms with E-state index < -0.39 is 17.9 Å². The average Bonchev–Trinajstić information content (AvgIpc) is 3.38. The molecule has 0 spiro atoms. The maximum atomic E-state index is 14.3. The Bertz CT molecular complexity index is 1630. The number of carbonyl (C=O) groups is 3. The number of methoxy groups -OCH3 is 1. The largest absolute Gasteiger partial charge is 0.461 e. The van der Waals surface area contributed by atoms with Crippen LogP contribution in [0.5, 0.6) is 0 Å². The molecule has 230 valence electrons. The second-order valence-electron chi connectivity index (χ2n) is 10.9. The van der Waals surface area contributed by atoms with Crippen LogP contribution >= 0.6 is 0 Å². The number of amides is 2. The predicted molar refractivity (Wildman–Crippen MR) is 171 cm³/mol. The fourth-order valence-corrected chi connectivity index (χ4v) is 6.07. The number of ether oxygens (including phenoxy) is 2. The topological polar surface area (TPSA) is 93.1 Å². The number of nitrogens with one attached hydrogen (secondary N) is 1. The second-order valence-corrected chi connectivity index (χ2v) is 10.9. The van der Waals surface area contributed by atoms with Gasteiger partial charge in [0.2, 0.25) is 5.91 Å². The van der Waals surface area contributed by atoms with E-state index in [-0.39, 0.29) is 11.8 Å². The number of para-hydroxylation sites is 1. The van der Waals surface area contributed by atoms with Gasteiger partial charge in [0.1, 0.15) is 6.61 Å². The number of hydrogen-bond donors (Lipinski definition) is 1. The third-order valence-corrected chi connectivity index (χ3v) is 8.43. The summed E-state index contributed by atoms with van der Waals surface area (Å²) in [4.78, 5) is 44.7. The van der Waals surface area contributed by atoms with E-state index in [1.54, 1.807) is 42.3 Å². The summed E-state index contributed by atoms with van der Waals surface area (Å²) in [5.41, 5.74) is 4.04. The van der Waals surface area contributed by atoms with E-state index in [0.29, 0.717) is 48.7 Å². The van der Waals surface area contributed by atoms with Gasteiger partial charge in [-0.25, -0.2) is 4.79 Å². The van der Waals surface area contributed by atoms with Gasteiger partial charge < -0.3 is 29.2 Å². The quantitative estimate of drug-likeness (QED) is 0.225. The van der Waals surface area contributed by atoms with Crippen LogP contribution in [0.4, 0.5) is 5.69 Å². The standard InChI is InChI=1S/C35H40N4O5/c1-5-38(6-2)19-22-44-35(42)24-15-17-25(18-16-24)36-33(40)31-27-12-7-8-13-28(27)34(41)39(20-21-43-4)32(31)29-23-37(3)30-14-10-9-11-26(29)30/h7-18,23,31-32H,5-6,19-22H2,1-4H3,(H,36,40). The molecule has 2 unspecified atom stereocenters. The van der Waals surface area contributed by atoms with Crippen molar-refractivity contribution in [2.75, 3.05) is 51.8 Å². The Labute approximate surface area is 258 Å². The lowest BCUT2D eigenvalue weighted by Crippen LogP contribution is -2.47. The van der Waals surface area contributed by atoms with Gasteiger partial charge in [0.15, 0.2) is 0 Å². The highest BCUT2D eigenvalue weighted by Gasteiger charge is 2.45. The van der Waals surface area contributed by atoms with Gasteiger partial charge in [0.05, 0.1) is 24.1 Å². The first-order valence-corrected chi connectivity index (χ1v) is 15.1. The first-order chi connectivity index (χ1) is 21.4. The van der Waals surface area contributed by atoms with Crippen molar-refractivity contribution < 1.29 is 23.9 Å². The lowest BCUT2D eigenvalue weighted by molar-refractivity contribution is -0.119. The summed E-state index contributed by atoms with van der Waals surface area (Å²) in [6.45, 7) is 7.59. The minimum absolute atomic E-state index is 0.136. The van der Waals surface area contributed by atoms with Crippen LogP contribution in [-0.4, -0.2) is 78.7 Å². The lowest BCUT2D eigenvalue weighted by Gasteiger charge is -2.41. The van der Waals surface area contributed by atoms with Crippen molar-refractivity contribution in [2.24, 2.45) is 7.05 Å². The molecular formula is C35H40N4O5. The summed E-state index contributed by atoms with van der Waals surface area (Å²) in [6.07, 6.45) is 2.01. The van der Waals surface area contributed by atoms with Gasteiger partial charge in [0, 0.05) is 61.2 Å². The summed E-state index contributed by atoms with van der Waals surface area (Å²) < 4.78 is 12.9. The van der Waals surface area contributed by atoms with Crippen LogP contribution in [0.2, 0.25) is 0 Å². The van der Waals surface area contributed by atoms with Gasteiger partial charge in [-0.05, 0) is 55.1 Å². The Morgan fingerprint density at radius 2 is 1.61 bits per heavy atom. The van der Waals surface area contributed by atoms with E-state index in [1.807, 2.05) is 60.3 Å². The fraction of sp³-hybridized carbons (Fsp3) is 0.343. The zero-order valence-corrected chi connectivity index (χ0v) is 25.8. The molecule has 0 bridgehead atoms. The van der Waals surface area contributed by atoms with Gasteiger partial charge in [-0.3, -0.25) is 9.59 Å². The highest BCUT2D eigenvalue weighted by Crippen LogP contribution is 2.45. The molecule has 1 aliphatic rings. The number of benzene rings is 3. The minimum atomic E-state index is -0.698. The Kier molecular flexibility index (Phi) is 9.77. The highest BCUT2D eigenvalue weighted by molar-refractivity contribution is 6.05. The average molecular weight is 597 g/mol. The molecule has 1 aromatic heterocycles. The summed E-state index contributed by atoms with van der Waals surface area (Å²) in [6, 6.07) is 21.5. The number of nitrogens with zero attached hydrogens (tertiary/aromatic N) is 3. The Morgan fingerprint density at radius 3 is 2.34 bits per heavy atom. The van der Waals surface area contributed by atoms with E-state index in [2.05, 4.69) is 24.1 Å². The molecule has 0 aliphatic carbocycles. The molecule has 4 aromatic rings. The molecule has 2 amide bonds. The summed E-state index contributed by atoms with van der Waals surface area (Å²) in [5, 5.41) is 4.05. The number of esters is 1. The van der Waals surface area contributed by atoms with E-state index in [9.17, 15) is 14.4 Å². The van der Waals surface area contributed by atoms with Crippen LogP contribution in [-0.2, 0) is 21.3 Å². The van der Waals surface area contributed by atoms with Crippen molar-refractivity contribution in [3.05, 3.63) is 101 Å². The smallest absolute Gasteiger partial charge is 0.338 e. The van der Waals surface area contributed by atoms with Crippen molar-refractivity contribution in [3.8, 4) is 0 Å². The zero-order valence-electron chi connectivity index (χ0n) is 25.8. The van der Waals surface area contributed by atoms with Gasteiger partial charge >= 0.3 is 5.97 Å². The molecule has 44 heavy (non-hydrogen) atoms. The number of anilines is 1. The lowest BCUT2D eigenvalue weighted by atomic mass is 9.79. The van der Waals surface area contributed by atoms with Crippen LogP contribution in [0.15, 0.2) is 79.0 Å². The number of fused-ring (bicyclic) bond motifs is 2. The maximum absolute atomic E-state index is 14.3. The number of hydrogen-bond acceptors (Lipinski definition) is 6. The molecule has 0 fully saturated rings. The molecule has 0 radical (unpaired) electrons.